The van der Waals surface area contributed by atoms with Crippen LogP contribution in [-0.4, -0.2) is 66.6 Å². The van der Waals surface area contributed by atoms with Crippen molar-refractivity contribution >= 4 is 11.8 Å². The highest BCUT2D eigenvalue weighted by atomic mass is 16.5. The lowest BCUT2D eigenvalue weighted by molar-refractivity contribution is 0.0398. The van der Waals surface area contributed by atoms with Crippen LogP contribution in [-0.2, 0) is 11.3 Å². The van der Waals surface area contributed by atoms with Gasteiger partial charge in [0.1, 0.15) is 5.75 Å². The van der Waals surface area contributed by atoms with Crippen molar-refractivity contribution < 1.29 is 9.47 Å². The molecule has 1 saturated heterocycles. The van der Waals surface area contributed by atoms with Crippen LogP contribution in [0.3, 0.4) is 0 Å². The third kappa shape index (κ3) is 5.27. The summed E-state index contributed by atoms with van der Waals surface area (Å²) in [5.74, 6) is 2.05. The lowest BCUT2D eigenvalue weighted by Gasteiger charge is -2.26. The minimum Gasteiger partial charge on any atom is -0.496 e. The first-order valence-electron chi connectivity index (χ1n) is 8.44. The van der Waals surface area contributed by atoms with Crippen molar-refractivity contribution in [2.24, 2.45) is 0 Å². The molecule has 1 aliphatic heterocycles. The maximum Gasteiger partial charge on any atom is 0.244 e. The Labute approximate surface area is 147 Å². The van der Waals surface area contributed by atoms with Crippen molar-refractivity contribution in [2.75, 3.05) is 57.1 Å². The number of nitrogens with one attached hydrogen (secondary N) is 2. The zero-order valence-corrected chi connectivity index (χ0v) is 14.4. The third-order valence-electron chi connectivity index (χ3n) is 4.03. The van der Waals surface area contributed by atoms with Crippen molar-refractivity contribution in [3.05, 3.63) is 36.0 Å². The molecular weight excluding hydrogens is 320 g/mol. The summed E-state index contributed by atoms with van der Waals surface area (Å²) in [4.78, 5) is 6.80. The number of ether oxygens (including phenoxy) is 2. The Morgan fingerprint density at radius 1 is 1.20 bits per heavy atom. The van der Waals surface area contributed by atoms with Crippen LogP contribution in [0.25, 0.3) is 0 Å². The van der Waals surface area contributed by atoms with Crippen molar-refractivity contribution in [3.8, 4) is 5.75 Å². The summed E-state index contributed by atoms with van der Waals surface area (Å²) in [6, 6.07) is 7.89. The smallest absolute Gasteiger partial charge is 0.244 e. The van der Waals surface area contributed by atoms with Crippen LogP contribution in [0.2, 0.25) is 0 Å². The quantitative estimate of drug-likeness (QED) is 0.740. The number of morpholine rings is 1. The second-order valence-corrected chi connectivity index (χ2v) is 5.71. The number of anilines is 2. The van der Waals surface area contributed by atoms with Crippen molar-refractivity contribution in [3.63, 3.8) is 0 Å². The Morgan fingerprint density at radius 2 is 2.04 bits per heavy atom. The standard InChI is InChI=1S/C17H24N6O2/c1-24-15-5-3-2-4-14(15)12-19-16-13-20-22-17(21-16)18-6-7-23-8-10-25-11-9-23/h2-5,13H,6-12H2,1H3,(H2,18,19,21,22). The molecule has 0 atom stereocenters. The Morgan fingerprint density at radius 3 is 2.88 bits per heavy atom. The Kier molecular flexibility index (Phi) is 6.35. The maximum absolute atomic E-state index is 5.35. The van der Waals surface area contributed by atoms with Crippen LogP contribution in [0.5, 0.6) is 5.75 Å². The molecule has 1 aromatic carbocycles. The molecule has 2 N–H and O–H groups in total. The molecule has 0 spiro atoms. The van der Waals surface area contributed by atoms with E-state index in [0.29, 0.717) is 18.3 Å². The van der Waals surface area contributed by atoms with Gasteiger partial charge >= 0.3 is 0 Å². The van der Waals surface area contributed by atoms with E-state index in [1.165, 1.54) is 0 Å². The van der Waals surface area contributed by atoms with Gasteiger partial charge in [-0.15, -0.1) is 5.10 Å². The van der Waals surface area contributed by atoms with Gasteiger partial charge in [-0.2, -0.15) is 10.1 Å². The van der Waals surface area contributed by atoms with Gasteiger partial charge in [-0.25, -0.2) is 0 Å². The number of hydrogen-bond acceptors (Lipinski definition) is 8. The summed E-state index contributed by atoms with van der Waals surface area (Å²) >= 11 is 0. The second kappa shape index (κ2) is 9.14. The third-order valence-corrected chi connectivity index (χ3v) is 4.03. The van der Waals surface area contributed by atoms with Crippen molar-refractivity contribution in [1.82, 2.24) is 20.1 Å². The number of aromatic nitrogens is 3. The number of hydrogen-bond donors (Lipinski definition) is 2. The van der Waals surface area contributed by atoms with Gasteiger partial charge in [-0.1, -0.05) is 18.2 Å². The van der Waals surface area contributed by atoms with Crippen LogP contribution in [0.4, 0.5) is 11.8 Å². The van der Waals surface area contributed by atoms with Gasteiger partial charge < -0.3 is 20.1 Å². The maximum atomic E-state index is 5.35. The molecule has 2 aromatic rings. The highest BCUT2D eigenvalue weighted by molar-refractivity contribution is 5.40. The van der Waals surface area contributed by atoms with Gasteiger partial charge in [0.2, 0.25) is 5.95 Å². The number of rotatable bonds is 8. The van der Waals surface area contributed by atoms with Crippen LogP contribution in [0, 0.1) is 0 Å². The summed E-state index contributed by atoms with van der Waals surface area (Å²) in [7, 11) is 1.67. The predicted octanol–water partition coefficient (Wildman–Crippen LogP) is 1.24. The van der Waals surface area contributed by atoms with Gasteiger partial charge in [-0.3, -0.25) is 4.90 Å². The Hall–Kier alpha value is -2.45. The predicted molar refractivity (Wildman–Crippen MR) is 95.9 cm³/mol. The Balaban J connectivity index is 1.49. The summed E-state index contributed by atoms with van der Waals surface area (Å²) in [5.41, 5.74) is 1.06. The summed E-state index contributed by atoms with van der Waals surface area (Å²) in [5, 5.41) is 14.5. The molecule has 1 aliphatic rings. The minimum atomic E-state index is 0.526. The second-order valence-electron chi connectivity index (χ2n) is 5.71. The zero-order chi connectivity index (χ0) is 17.3. The normalized spacial score (nSPS) is 14.9. The highest BCUT2D eigenvalue weighted by Gasteiger charge is 2.10. The molecule has 0 unspecified atom stereocenters. The van der Waals surface area contributed by atoms with Crippen LogP contribution < -0.4 is 15.4 Å². The van der Waals surface area contributed by atoms with E-state index >= 15 is 0 Å². The van der Waals surface area contributed by atoms with E-state index in [1.54, 1.807) is 13.3 Å². The molecular formula is C17H24N6O2. The lowest BCUT2D eigenvalue weighted by atomic mass is 10.2. The highest BCUT2D eigenvalue weighted by Crippen LogP contribution is 2.18. The van der Waals surface area contributed by atoms with Gasteiger partial charge in [0.15, 0.2) is 5.82 Å². The van der Waals surface area contributed by atoms with Gasteiger partial charge in [0.05, 0.1) is 26.5 Å². The average molecular weight is 344 g/mol. The Bertz CT molecular complexity index is 663. The molecule has 25 heavy (non-hydrogen) atoms. The first kappa shape index (κ1) is 17.4. The molecule has 1 fully saturated rings. The molecule has 2 heterocycles. The number of methoxy groups -OCH3 is 1. The molecule has 0 bridgehead atoms. The van der Waals surface area contributed by atoms with E-state index in [9.17, 15) is 0 Å². The van der Waals surface area contributed by atoms with E-state index in [1.807, 2.05) is 24.3 Å². The van der Waals surface area contributed by atoms with Gasteiger partial charge in [0.25, 0.3) is 0 Å². The molecule has 8 nitrogen and oxygen atoms in total. The van der Waals surface area contributed by atoms with E-state index in [0.717, 1.165) is 50.7 Å². The first-order chi connectivity index (χ1) is 12.3. The summed E-state index contributed by atoms with van der Waals surface area (Å²) in [6.07, 6.45) is 1.61. The van der Waals surface area contributed by atoms with E-state index in [-0.39, 0.29) is 0 Å². The molecule has 1 aromatic heterocycles. The van der Waals surface area contributed by atoms with Crippen LogP contribution in [0.1, 0.15) is 5.56 Å². The molecule has 0 radical (unpaired) electrons. The summed E-state index contributed by atoms with van der Waals surface area (Å²) in [6.45, 7) is 5.88. The number of benzene rings is 1. The average Bonchev–Trinajstić information content (AvgIpc) is 2.68. The van der Waals surface area contributed by atoms with E-state index in [2.05, 4.69) is 30.7 Å². The van der Waals surface area contributed by atoms with Gasteiger partial charge in [-0.05, 0) is 6.07 Å². The number of para-hydroxylation sites is 1. The fourth-order valence-electron chi connectivity index (χ4n) is 2.65. The molecule has 8 heteroatoms. The van der Waals surface area contributed by atoms with Crippen molar-refractivity contribution in [1.29, 1.82) is 0 Å². The largest absolute Gasteiger partial charge is 0.496 e. The first-order valence-corrected chi connectivity index (χ1v) is 8.44. The molecule has 3 rings (SSSR count). The molecule has 134 valence electrons. The van der Waals surface area contributed by atoms with Crippen molar-refractivity contribution in [2.45, 2.75) is 6.54 Å². The topological polar surface area (TPSA) is 84.4 Å². The fraction of sp³-hybridized carbons (Fsp3) is 0.471. The zero-order valence-electron chi connectivity index (χ0n) is 14.4. The number of nitrogens with zero attached hydrogens (tertiary/aromatic N) is 4. The SMILES string of the molecule is COc1ccccc1CNc1cnnc(NCCN2CCOCC2)n1. The van der Waals surface area contributed by atoms with Crippen LogP contribution >= 0.6 is 0 Å². The van der Waals surface area contributed by atoms with Crippen LogP contribution in [0.15, 0.2) is 30.5 Å². The van der Waals surface area contributed by atoms with Gasteiger partial charge in [0, 0.05) is 38.3 Å². The van der Waals surface area contributed by atoms with E-state index in [4.69, 9.17) is 9.47 Å². The van der Waals surface area contributed by atoms with E-state index < -0.39 is 0 Å². The monoisotopic (exact) mass is 344 g/mol. The molecule has 0 aliphatic carbocycles. The fourth-order valence-corrected chi connectivity index (χ4v) is 2.65. The molecule has 0 amide bonds. The lowest BCUT2D eigenvalue weighted by Crippen LogP contribution is -2.39. The molecule has 0 saturated carbocycles. The summed E-state index contributed by atoms with van der Waals surface area (Å²) < 4.78 is 10.7. The minimum absolute atomic E-state index is 0.526.